The van der Waals surface area contributed by atoms with E-state index in [1.165, 1.54) is 0 Å². The number of ether oxygens (including phenoxy) is 1. The molecule has 1 aliphatic heterocycles. The number of carbonyl (C=O) groups is 2. The Morgan fingerprint density at radius 3 is 2.79 bits per heavy atom. The second-order valence-corrected chi connectivity index (χ2v) is 4.25. The van der Waals surface area contributed by atoms with Gasteiger partial charge in [-0.3, -0.25) is 15.0 Å². The average molecular weight is 295 g/mol. The highest BCUT2D eigenvalue weighted by atomic mass is 35.5. The van der Waals surface area contributed by atoms with Gasteiger partial charge in [0.1, 0.15) is 0 Å². The smallest absolute Gasteiger partial charge is 0.321 e. The Balaban J connectivity index is 0.00000324. The number of nitrogens with two attached hydrogens (primary N) is 1. The molecule has 1 aliphatic rings. The highest BCUT2D eigenvalue weighted by molar-refractivity contribution is 5.96. The van der Waals surface area contributed by atoms with Crippen molar-refractivity contribution in [1.29, 1.82) is 0 Å². The fraction of sp³-hybridized carbons (Fsp3) is 0.818. The summed E-state index contributed by atoms with van der Waals surface area (Å²) in [5.41, 5.74) is 5.55. The molecule has 3 amide bonds. The van der Waals surface area contributed by atoms with E-state index in [0.717, 1.165) is 0 Å². The van der Waals surface area contributed by atoms with E-state index in [2.05, 4.69) is 10.6 Å². The SMILES string of the molecule is CCNC(=O)NC(=O)C(C)N1CCOC(CN)C1.Cl. The minimum Gasteiger partial charge on any atom is -0.374 e. The summed E-state index contributed by atoms with van der Waals surface area (Å²) in [5, 5.41) is 4.83. The van der Waals surface area contributed by atoms with E-state index in [-0.39, 0.29) is 30.5 Å². The lowest BCUT2D eigenvalue weighted by atomic mass is 10.2. The Kier molecular flexibility index (Phi) is 8.66. The number of morpholine rings is 1. The van der Waals surface area contributed by atoms with Crippen LogP contribution in [0.2, 0.25) is 0 Å². The van der Waals surface area contributed by atoms with Gasteiger partial charge in [-0.2, -0.15) is 0 Å². The van der Waals surface area contributed by atoms with Gasteiger partial charge >= 0.3 is 6.03 Å². The lowest BCUT2D eigenvalue weighted by molar-refractivity contribution is -0.127. The Hall–Kier alpha value is -0.890. The van der Waals surface area contributed by atoms with E-state index in [0.29, 0.717) is 32.8 Å². The maximum Gasteiger partial charge on any atom is 0.321 e. The molecule has 0 aromatic carbocycles. The summed E-state index contributed by atoms with van der Waals surface area (Å²) >= 11 is 0. The molecule has 1 heterocycles. The van der Waals surface area contributed by atoms with Crippen molar-refractivity contribution in [2.45, 2.75) is 26.0 Å². The number of hydrogen-bond acceptors (Lipinski definition) is 5. The molecule has 0 bridgehead atoms. The number of rotatable bonds is 4. The van der Waals surface area contributed by atoms with Crippen LogP contribution in [0.1, 0.15) is 13.8 Å². The molecule has 1 rings (SSSR count). The molecule has 1 fully saturated rings. The maximum atomic E-state index is 11.8. The standard InChI is InChI=1S/C11H22N4O3.ClH/c1-3-13-11(17)14-10(16)8(2)15-4-5-18-9(6-12)7-15;/h8-9H,3-7,12H2,1-2H3,(H2,13,14,16,17);1H. The van der Waals surface area contributed by atoms with Crippen molar-refractivity contribution in [2.75, 3.05) is 32.8 Å². The minimum atomic E-state index is -0.460. The number of urea groups is 1. The summed E-state index contributed by atoms with van der Waals surface area (Å²) in [6.07, 6.45) is -0.0431. The average Bonchev–Trinajstić information content (AvgIpc) is 2.38. The Bertz CT molecular complexity index is 304. The molecular formula is C11H23ClN4O3. The minimum absolute atomic E-state index is 0. The molecule has 0 saturated carbocycles. The predicted octanol–water partition coefficient (Wildman–Crippen LogP) is -0.698. The zero-order valence-electron chi connectivity index (χ0n) is 11.3. The lowest BCUT2D eigenvalue weighted by Crippen LogP contribution is -2.55. The molecule has 0 aromatic rings. The number of imide groups is 1. The molecule has 0 spiro atoms. The van der Waals surface area contributed by atoms with E-state index in [9.17, 15) is 9.59 Å². The van der Waals surface area contributed by atoms with Crippen molar-refractivity contribution < 1.29 is 14.3 Å². The highest BCUT2D eigenvalue weighted by Gasteiger charge is 2.27. The van der Waals surface area contributed by atoms with Gasteiger partial charge < -0.3 is 15.8 Å². The first-order valence-electron chi connectivity index (χ1n) is 6.22. The predicted molar refractivity (Wildman–Crippen MR) is 74.3 cm³/mol. The second-order valence-electron chi connectivity index (χ2n) is 4.25. The molecule has 0 aromatic heterocycles. The van der Waals surface area contributed by atoms with E-state index in [1.807, 2.05) is 4.90 Å². The number of nitrogens with one attached hydrogen (secondary N) is 2. The van der Waals surface area contributed by atoms with Gasteiger partial charge in [-0.1, -0.05) is 0 Å². The third-order valence-electron chi connectivity index (χ3n) is 2.93. The van der Waals surface area contributed by atoms with Gasteiger partial charge in [0.2, 0.25) is 5.91 Å². The number of nitrogens with zero attached hydrogens (tertiary/aromatic N) is 1. The summed E-state index contributed by atoms with van der Waals surface area (Å²) in [4.78, 5) is 25.1. The number of hydrogen-bond donors (Lipinski definition) is 3. The molecule has 7 nitrogen and oxygen atoms in total. The largest absolute Gasteiger partial charge is 0.374 e. The first-order valence-corrected chi connectivity index (χ1v) is 6.22. The van der Waals surface area contributed by atoms with Crippen LogP contribution in [-0.4, -0.2) is 61.8 Å². The van der Waals surface area contributed by atoms with Crippen LogP contribution >= 0.6 is 12.4 Å². The van der Waals surface area contributed by atoms with Crippen LogP contribution in [0.5, 0.6) is 0 Å². The zero-order valence-corrected chi connectivity index (χ0v) is 12.2. The van der Waals surface area contributed by atoms with E-state index in [4.69, 9.17) is 10.5 Å². The fourth-order valence-electron chi connectivity index (χ4n) is 1.82. The van der Waals surface area contributed by atoms with Crippen LogP contribution in [0.25, 0.3) is 0 Å². The normalized spacial score (nSPS) is 21.1. The third kappa shape index (κ3) is 5.73. The maximum absolute atomic E-state index is 11.8. The van der Waals surface area contributed by atoms with Crippen molar-refractivity contribution in [3.05, 3.63) is 0 Å². The van der Waals surface area contributed by atoms with Gasteiger partial charge in [0.05, 0.1) is 18.8 Å². The Morgan fingerprint density at radius 1 is 1.53 bits per heavy atom. The number of halogens is 1. The van der Waals surface area contributed by atoms with E-state index >= 15 is 0 Å². The Morgan fingerprint density at radius 2 is 2.21 bits per heavy atom. The Labute approximate surface area is 119 Å². The molecule has 0 aliphatic carbocycles. The van der Waals surface area contributed by atoms with Gasteiger partial charge in [0.15, 0.2) is 0 Å². The van der Waals surface area contributed by atoms with Gasteiger partial charge in [-0.15, -0.1) is 12.4 Å². The van der Waals surface area contributed by atoms with Crippen molar-refractivity contribution in [3.8, 4) is 0 Å². The molecular weight excluding hydrogens is 272 g/mol. The van der Waals surface area contributed by atoms with Crippen LogP contribution in [0, 0.1) is 0 Å². The van der Waals surface area contributed by atoms with Gasteiger partial charge in [-0.05, 0) is 13.8 Å². The van der Waals surface area contributed by atoms with Crippen molar-refractivity contribution in [3.63, 3.8) is 0 Å². The molecule has 4 N–H and O–H groups in total. The number of carbonyl (C=O) groups excluding carboxylic acids is 2. The first kappa shape index (κ1) is 18.1. The van der Waals surface area contributed by atoms with Crippen molar-refractivity contribution in [1.82, 2.24) is 15.5 Å². The molecule has 0 radical (unpaired) electrons. The van der Waals surface area contributed by atoms with Gasteiger partial charge in [-0.25, -0.2) is 4.79 Å². The quantitative estimate of drug-likeness (QED) is 0.637. The third-order valence-corrected chi connectivity index (χ3v) is 2.93. The van der Waals surface area contributed by atoms with E-state index < -0.39 is 6.03 Å². The van der Waals surface area contributed by atoms with Crippen LogP contribution in [0.15, 0.2) is 0 Å². The summed E-state index contributed by atoms with van der Waals surface area (Å²) in [5.74, 6) is -0.307. The molecule has 2 atom stereocenters. The summed E-state index contributed by atoms with van der Waals surface area (Å²) in [6, 6.07) is -0.830. The molecule has 1 saturated heterocycles. The monoisotopic (exact) mass is 294 g/mol. The molecule has 112 valence electrons. The molecule has 8 heteroatoms. The van der Waals surface area contributed by atoms with E-state index in [1.54, 1.807) is 13.8 Å². The first-order chi connectivity index (χ1) is 8.58. The van der Waals surface area contributed by atoms with Crippen LogP contribution in [-0.2, 0) is 9.53 Å². The molecule has 19 heavy (non-hydrogen) atoms. The van der Waals surface area contributed by atoms with Crippen molar-refractivity contribution >= 4 is 24.3 Å². The van der Waals surface area contributed by atoms with Gasteiger partial charge in [0, 0.05) is 26.2 Å². The molecule has 2 unspecified atom stereocenters. The van der Waals surface area contributed by atoms with Crippen molar-refractivity contribution in [2.24, 2.45) is 5.73 Å². The summed E-state index contributed by atoms with van der Waals surface area (Å²) in [7, 11) is 0. The fourth-order valence-corrected chi connectivity index (χ4v) is 1.82. The highest BCUT2D eigenvalue weighted by Crippen LogP contribution is 2.08. The van der Waals surface area contributed by atoms with Crippen LogP contribution in [0.4, 0.5) is 4.79 Å². The topological polar surface area (TPSA) is 96.7 Å². The van der Waals surface area contributed by atoms with Crippen LogP contribution < -0.4 is 16.4 Å². The zero-order chi connectivity index (χ0) is 13.5. The lowest BCUT2D eigenvalue weighted by Gasteiger charge is -2.35. The second kappa shape index (κ2) is 9.08. The van der Waals surface area contributed by atoms with Crippen LogP contribution in [0.3, 0.4) is 0 Å². The summed E-state index contributed by atoms with van der Waals surface area (Å²) in [6.45, 7) is 6.32. The summed E-state index contributed by atoms with van der Waals surface area (Å²) < 4.78 is 5.43. The van der Waals surface area contributed by atoms with Gasteiger partial charge in [0.25, 0.3) is 0 Å². The number of amides is 3.